The third-order valence-electron chi connectivity index (χ3n) is 3.73. The van der Waals surface area contributed by atoms with E-state index in [1.807, 2.05) is 33.0 Å². The Morgan fingerprint density at radius 2 is 2.12 bits per heavy atom. The van der Waals surface area contributed by atoms with E-state index in [2.05, 4.69) is 17.0 Å². The van der Waals surface area contributed by atoms with E-state index >= 15 is 0 Å². The summed E-state index contributed by atoms with van der Waals surface area (Å²) in [5.74, 6) is 1.01. The molecule has 1 heterocycles. The number of aromatic nitrogens is 2. The predicted molar refractivity (Wildman–Crippen MR) is 99.0 cm³/mol. The second-order valence-corrected chi connectivity index (χ2v) is 5.50. The maximum atomic E-state index is 12.2. The number of ether oxygens (including phenoxy) is 2. The quantitative estimate of drug-likeness (QED) is 0.620. The zero-order chi connectivity index (χ0) is 18.4. The first-order valence-electron chi connectivity index (χ1n) is 7.87. The molecule has 0 unspecified atom stereocenters. The standard InChI is InChI=1S/C19H23N3O3/c1-6-11-25-16-9-7-15(12-17(16)24-5)8-10-18(23)20-19-13(2)21-22(4)14(19)3/h6-10,12H,1,11H2,2-5H3,(H,20,23). The lowest BCUT2D eigenvalue weighted by atomic mass is 10.2. The molecule has 0 radical (unpaired) electrons. The molecule has 0 fully saturated rings. The number of methoxy groups -OCH3 is 1. The van der Waals surface area contributed by atoms with Crippen LogP contribution in [0.5, 0.6) is 11.5 Å². The molecule has 6 nitrogen and oxygen atoms in total. The average Bonchev–Trinajstić information content (AvgIpc) is 2.84. The predicted octanol–water partition coefficient (Wildman–Crippen LogP) is 3.26. The molecule has 0 atom stereocenters. The van der Waals surface area contributed by atoms with E-state index < -0.39 is 0 Å². The molecule has 25 heavy (non-hydrogen) atoms. The van der Waals surface area contributed by atoms with Gasteiger partial charge in [0, 0.05) is 13.1 Å². The minimum Gasteiger partial charge on any atom is -0.493 e. The van der Waals surface area contributed by atoms with E-state index in [4.69, 9.17) is 9.47 Å². The largest absolute Gasteiger partial charge is 0.493 e. The maximum absolute atomic E-state index is 12.2. The molecule has 1 amide bonds. The highest BCUT2D eigenvalue weighted by Gasteiger charge is 2.11. The van der Waals surface area contributed by atoms with Crippen LogP contribution in [-0.4, -0.2) is 29.4 Å². The topological polar surface area (TPSA) is 65.4 Å². The maximum Gasteiger partial charge on any atom is 0.248 e. The first-order valence-corrected chi connectivity index (χ1v) is 7.87. The fourth-order valence-electron chi connectivity index (χ4n) is 2.35. The van der Waals surface area contributed by atoms with Crippen molar-refractivity contribution in [3.8, 4) is 11.5 Å². The summed E-state index contributed by atoms with van der Waals surface area (Å²) in [5, 5.41) is 7.14. The number of benzene rings is 1. The molecule has 1 aromatic carbocycles. The van der Waals surface area contributed by atoms with Gasteiger partial charge in [-0.25, -0.2) is 0 Å². The van der Waals surface area contributed by atoms with Gasteiger partial charge in [-0.2, -0.15) is 5.10 Å². The van der Waals surface area contributed by atoms with Gasteiger partial charge in [-0.1, -0.05) is 18.7 Å². The van der Waals surface area contributed by atoms with Gasteiger partial charge in [0.1, 0.15) is 6.61 Å². The van der Waals surface area contributed by atoms with E-state index in [-0.39, 0.29) is 5.91 Å². The number of nitrogens with zero attached hydrogens (tertiary/aromatic N) is 2. The van der Waals surface area contributed by atoms with Crippen LogP contribution in [0.4, 0.5) is 5.69 Å². The molecule has 2 aromatic rings. The van der Waals surface area contributed by atoms with Crippen molar-refractivity contribution >= 4 is 17.7 Å². The Labute approximate surface area is 147 Å². The van der Waals surface area contributed by atoms with Crippen LogP contribution >= 0.6 is 0 Å². The van der Waals surface area contributed by atoms with Crippen LogP contribution in [0.2, 0.25) is 0 Å². The van der Waals surface area contributed by atoms with Crippen molar-refractivity contribution in [1.29, 1.82) is 0 Å². The Balaban J connectivity index is 2.10. The number of hydrogen-bond acceptors (Lipinski definition) is 4. The first kappa shape index (κ1) is 18.3. The summed E-state index contributed by atoms with van der Waals surface area (Å²) in [4.78, 5) is 12.2. The number of rotatable bonds is 7. The van der Waals surface area contributed by atoms with Gasteiger partial charge in [-0.3, -0.25) is 9.48 Å². The highest BCUT2D eigenvalue weighted by molar-refractivity contribution is 6.02. The van der Waals surface area contributed by atoms with Gasteiger partial charge >= 0.3 is 0 Å². The third-order valence-corrected chi connectivity index (χ3v) is 3.73. The van der Waals surface area contributed by atoms with Crippen molar-refractivity contribution in [3.05, 3.63) is 53.9 Å². The normalized spacial score (nSPS) is 10.7. The molecule has 0 saturated heterocycles. The number of anilines is 1. The van der Waals surface area contributed by atoms with Crippen molar-refractivity contribution in [3.63, 3.8) is 0 Å². The lowest BCUT2D eigenvalue weighted by Gasteiger charge is -2.09. The summed E-state index contributed by atoms with van der Waals surface area (Å²) in [7, 11) is 3.42. The molecule has 132 valence electrons. The van der Waals surface area contributed by atoms with Crippen LogP contribution in [0.15, 0.2) is 36.9 Å². The number of amides is 1. The van der Waals surface area contributed by atoms with Gasteiger partial charge < -0.3 is 14.8 Å². The Morgan fingerprint density at radius 3 is 2.72 bits per heavy atom. The van der Waals surface area contributed by atoms with Gasteiger partial charge in [0.15, 0.2) is 11.5 Å². The monoisotopic (exact) mass is 341 g/mol. The molecule has 0 spiro atoms. The van der Waals surface area contributed by atoms with Crippen molar-refractivity contribution in [2.24, 2.45) is 7.05 Å². The molecule has 0 aliphatic heterocycles. The highest BCUT2D eigenvalue weighted by Crippen LogP contribution is 2.28. The van der Waals surface area contributed by atoms with Crippen molar-refractivity contribution in [1.82, 2.24) is 9.78 Å². The molecule has 1 N–H and O–H groups in total. The molecule has 0 bridgehead atoms. The number of nitrogens with one attached hydrogen (secondary N) is 1. The zero-order valence-electron chi connectivity index (χ0n) is 15.0. The van der Waals surface area contributed by atoms with Crippen molar-refractivity contribution in [2.75, 3.05) is 19.0 Å². The molecule has 0 saturated carbocycles. The van der Waals surface area contributed by atoms with Gasteiger partial charge in [0.05, 0.1) is 24.2 Å². The Morgan fingerprint density at radius 1 is 1.36 bits per heavy atom. The van der Waals surface area contributed by atoms with Crippen LogP contribution in [0, 0.1) is 13.8 Å². The minimum absolute atomic E-state index is 0.217. The smallest absolute Gasteiger partial charge is 0.248 e. The van der Waals surface area contributed by atoms with Crippen LogP contribution in [0.25, 0.3) is 6.08 Å². The zero-order valence-corrected chi connectivity index (χ0v) is 15.0. The number of aryl methyl sites for hydroxylation is 2. The second kappa shape index (κ2) is 8.19. The second-order valence-electron chi connectivity index (χ2n) is 5.50. The minimum atomic E-state index is -0.217. The lowest BCUT2D eigenvalue weighted by Crippen LogP contribution is -2.09. The molecular formula is C19H23N3O3. The van der Waals surface area contributed by atoms with Crippen molar-refractivity contribution in [2.45, 2.75) is 13.8 Å². The Hall–Kier alpha value is -3.02. The average molecular weight is 341 g/mol. The van der Waals surface area contributed by atoms with Crippen LogP contribution in [0.3, 0.4) is 0 Å². The van der Waals surface area contributed by atoms with Gasteiger partial charge in [0.25, 0.3) is 0 Å². The Bertz CT molecular complexity index is 806. The molecule has 1 aromatic heterocycles. The van der Waals surface area contributed by atoms with Crippen LogP contribution < -0.4 is 14.8 Å². The fraction of sp³-hybridized carbons (Fsp3) is 0.263. The van der Waals surface area contributed by atoms with E-state index in [0.29, 0.717) is 18.1 Å². The number of carbonyl (C=O) groups excluding carboxylic acids is 1. The summed E-state index contributed by atoms with van der Waals surface area (Å²) in [6.45, 7) is 7.79. The first-order chi connectivity index (χ1) is 12.0. The number of hydrogen-bond donors (Lipinski definition) is 1. The van der Waals surface area contributed by atoms with Gasteiger partial charge in [-0.15, -0.1) is 0 Å². The SMILES string of the molecule is C=CCOc1ccc(C=CC(=O)Nc2c(C)nn(C)c2C)cc1OC. The number of carbonyl (C=O) groups is 1. The van der Waals surface area contributed by atoms with Crippen LogP contribution in [-0.2, 0) is 11.8 Å². The molecule has 0 aliphatic rings. The van der Waals surface area contributed by atoms with E-state index in [1.165, 1.54) is 6.08 Å². The highest BCUT2D eigenvalue weighted by atomic mass is 16.5. The summed E-state index contributed by atoms with van der Waals surface area (Å²) in [5.41, 5.74) is 3.26. The third kappa shape index (κ3) is 4.50. The van der Waals surface area contributed by atoms with E-state index in [1.54, 1.807) is 30.0 Å². The van der Waals surface area contributed by atoms with E-state index in [9.17, 15) is 4.79 Å². The summed E-state index contributed by atoms with van der Waals surface area (Å²) >= 11 is 0. The molecule has 2 rings (SSSR count). The van der Waals surface area contributed by atoms with E-state index in [0.717, 1.165) is 22.6 Å². The summed E-state index contributed by atoms with van der Waals surface area (Å²) in [6, 6.07) is 5.46. The fourth-order valence-corrected chi connectivity index (χ4v) is 2.35. The molecular weight excluding hydrogens is 318 g/mol. The summed E-state index contributed by atoms with van der Waals surface area (Å²) < 4.78 is 12.6. The van der Waals surface area contributed by atoms with Crippen molar-refractivity contribution < 1.29 is 14.3 Å². The van der Waals surface area contributed by atoms with Crippen LogP contribution in [0.1, 0.15) is 17.0 Å². The molecule has 0 aliphatic carbocycles. The van der Waals surface area contributed by atoms with Gasteiger partial charge in [-0.05, 0) is 37.6 Å². The van der Waals surface area contributed by atoms with Gasteiger partial charge in [0.2, 0.25) is 5.91 Å². The molecule has 6 heteroatoms. The Kier molecular flexibility index (Phi) is 6.00. The summed E-state index contributed by atoms with van der Waals surface area (Å²) in [6.07, 6.45) is 4.86. The lowest BCUT2D eigenvalue weighted by molar-refractivity contribution is -0.111.